The van der Waals surface area contributed by atoms with Crippen LogP contribution in [0.15, 0.2) is 0 Å². The standard InChI is InChI=1S/C14H23NO4/c16-13(10-5-3-1-2-4-6-10)15-9-11-7-8-12(19-11)14(17)18/h10-12H,1-9H2,(H,15,16)(H,17,18). The van der Waals surface area contributed by atoms with Crippen molar-refractivity contribution >= 4 is 11.9 Å². The molecule has 2 aliphatic rings. The van der Waals surface area contributed by atoms with Crippen molar-refractivity contribution in [1.29, 1.82) is 0 Å². The molecule has 0 spiro atoms. The highest BCUT2D eigenvalue weighted by Gasteiger charge is 2.31. The fourth-order valence-corrected chi connectivity index (χ4v) is 2.94. The lowest BCUT2D eigenvalue weighted by molar-refractivity contribution is -0.149. The average Bonchev–Trinajstić information content (AvgIpc) is 2.70. The van der Waals surface area contributed by atoms with Gasteiger partial charge in [0.2, 0.25) is 5.91 Å². The van der Waals surface area contributed by atoms with Gasteiger partial charge in [-0.3, -0.25) is 4.79 Å². The predicted molar refractivity (Wildman–Crippen MR) is 69.7 cm³/mol. The fourth-order valence-electron chi connectivity index (χ4n) is 2.94. The summed E-state index contributed by atoms with van der Waals surface area (Å²) < 4.78 is 5.37. The molecule has 1 saturated heterocycles. The number of aliphatic carboxylic acids is 1. The molecule has 2 rings (SSSR count). The first-order chi connectivity index (χ1) is 9.16. The number of carboxylic acid groups (broad SMARTS) is 1. The van der Waals surface area contributed by atoms with E-state index in [1.165, 1.54) is 12.8 Å². The summed E-state index contributed by atoms with van der Waals surface area (Å²) in [5, 5.41) is 11.8. The smallest absolute Gasteiger partial charge is 0.332 e. The molecular weight excluding hydrogens is 246 g/mol. The minimum atomic E-state index is -0.905. The molecule has 1 saturated carbocycles. The third-order valence-electron chi connectivity index (χ3n) is 4.11. The van der Waals surface area contributed by atoms with Gasteiger partial charge in [0.05, 0.1) is 6.10 Å². The van der Waals surface area contributed by atoms with E-state index in [-0.39, 0.29) is 17.9 Å². The van der Waals surface area contributed by atoms with Crippen LogP contribution < -0.4 is 5.32 Å². The van der Waals surface area contributed by atoms with Crippen molar-refractivity contribution in [2.75, 3.05) is 6.54 Å². The van der Waals surface area contributed by atoms with E-state index in [1.54, 1.807) is 0 Å². The molecule has 1 heterocycles. The highest BCUT2D eigenvalue weighted by Crippen LogP contribution is 2.23. The zero-order valence-corrected chi connectivity index (χ0v) is 11.3. The van der Waals surface area contributed by atoms with E-state index in [9.17, 15) is 9.59 Å². The Hall–Kier alpha value is -1.10. The average molecular weight is 269 g/mol. The molecule has 1 aliphatic heterocycles. The van der Waals surface area contributed by atoms with Crippen LogP contribution in [-0.2, 0) is 14.3 Å². The van der Waals surface area contributed by atoms with E-state index >= 15 is 0 Å². The van der Waals surface area contributed by atoms with Crippen molar-refractivity contribution in [2.24, 2.45) is 5.92 Å². The van der Waals surface area contributed by atoms with Crippen molar-refractivity contribution in [3.8, 4) is 0 Å². The Morgan fingerprint density at radius 1 is 1.05 bits per heavy atom. The van der Waals surface area contributed by atoms with Gasteiger partial charge < -0.3 is 15.2 Å². The first kappa shape index (κ1) is 14.3. The van der Waals surface area contributed by atoms with Gasteiger partial charge in [0.1, 0.15) is 0 Å². The normalized spacial score (nSPS) is 28.8. The first-order valence-electron chi connectivity index (χ1n) is 7.33. The van der Waals surface area contributed by atoms with E-state index < -0.39 is 12.1 Å². The number of hydrogen-bond acceptors (Lipinski definition) is 3. The highest BCUT2D eigenvalue weighted by molar-refractivity contribution is 5.78. The molecular formula is C14H23NO4. The maximum absolute atomic E-state index is 12.0. The molecule has 2 atom stereocenters. The predicted octanol–water partition coefficient (Wildman–Crippen LogP) is 1.71. The topological polar surface area (TPSA) is 75.6 Å². The van der Waals surface area contributed by atoms with E-state index in [1.807, 2.05) is 0 Å². The quantitative estimate of drug-likeness (QED) is 0.762. The largest absolute Gasteiger partial charge is 0.479 e. The van der Waals surface area contributed by atoms with Gasteiger partial charge in [-0.15, -0.1) is 0 Å². The third kappa shape index (κ3) is 4.20. The Bertz CT molecular complexity index is 323. The zero-order chi connectivity index (χ0) is 13.7. The van der Waals surface area contributed by atoms with Crippen LogP contribution in [-0.4, -0.2) is 35.7 Å². The van der Waals surface area contributed by atoms with Gasteiger partial charge >= 0.3 is 5.97 Å². The second-order valence-electron chi connectivity index (χ2n) is 5.60. The van der Waals surface area contributed by atoms with E-state index in [0.29, 0.717) is 19.4 Å². The molecule has 5 heteroatoms. The molecule has 2 N–H and O–H groups in total. The number of carboxylic acids is 1. The highest BCUT2D eigenvalue weighted by atomic mass is 16.5. The van der Waals surface area contributed by atoms with E-state index in [4.69, 9.17) is 9.84 Å². The Morgan fingerprint density at radius 3 is 2.32 bits per heavy atom. The second kappa shape index (κ2) is 6.89. The Labute approximate surface area is 113 Å². The molecule has 0 aromatic heterocycles. The molecule has 0 aromatic rings. The maximum Gasteiger partial charge on any atom is 0.332 e. The van der Waals surface area contributed by atoms with Crippen LogP contribution in [0.2, 0.25) is 0 Å². The number of hydrogen-bond donors (Lipinski definition) is 2. The maximum atomic E-state index is 12.0. The Kier molecular flexibility index (Phi) is 5.19. The number of nitrogens with one attached hydrogen (secondary N) is 1. The molecule has 108 valence electrons. The van der Waals surface area contributed by atoms with Crippen LogP contribution in [0.4, 0.5) is 0 Å². The molecule has 0 aromatic carbocycles. The minimum absolute atomic E-state index is 0.115. The van der Waals surface area contributed by atoms with Crippen LogP contribution in [0, 0.1) is 5.92 Å². The van der Waals surface area contributed by atoms with Crippen molar-refractivity contribution in [1.82, 2.24) is 5.32 Å². The van der Waals surface area contributed by atoms with E-state index in [2.05, 4.69) is 5.32 Å². The first-order valence-corrected chi connectivity index (χ1v) is 7.33. The van der Waals surface area contributed by atoms with Gasteiger partial charge in [-0.2, -0.15) is 0 Å². The van der Waals surface area contributed by atoms with Crippen molar-refractivity contribution in [3.63, 3.8) is 0 Å². The fraction of sp³-hybridized carbons (Fsp3) is 0.857. The van der Waals surface area contributed by atoms with Gasteiger partial charge in [-0.05, 0) is 25.7 Å². The molecule has 19 heavy (non-hydrogen) atoms. The van der Waals surface area contributed by atoms with Crippen LogP contribution in [0.25, 0.3) is 0 Å². The molecule has 2 unspecified atom stereocenters. The van der Waals surface area contributed by atoms with Crippen LogP contribution in [0.3, 0.4) is 0 Å². The third-order valence-corrected chi connectivity index (χ3v) is 4.11. The van der Waals surface area contributed by atoms with Gasteiger partial charge in [-0.1, -0.05) is 25.7 Å². The molecule has 0 bridgehead atoms. The molecule has 1 amide bonds. The summed E-state index contributed by atoms with van der Waals surface area (Å²) in [7, 11) is 0. The molecule has 0 radical (unpaired) electrons. The summed E-state index contributed by atoms with van der Waals surface area (Å²) in [4.78, 5) is 22.8. The van der Waals surface area contributed by atoms with Crippen molar-refractivity contribution < 1.29 is 19.4 Å². The van der Waals surface area contributed by atoms with Gasteiger partial charge in [0.25, 0.3) is 0 Å². The Balaban J connectivity index is 1.70. The lowest BCUT2D eigenvalue weighted by Crippen LogP contribution is -2.36. The summed E-state index contributed by atoms with van der Waals surface area (Å²) in [6.45, 7) is 0.444. The number of carbonyl (C=O) groups is 2. The van der Waals surface area contributed by atoms with E-state index in [0.717, 1.165) is 25.7 Å². The molecule has 1 aliphatic carbocycles. The van der Waals surface area contributed by atoms with Crippen LogP contribution in [0.5, 0.6) is 0 Å². The van der Waals surface area contributed by atoms with Crippen LogP contribution in [0.1, 0.15) is 51.4 Å². The zero-order valence-electron chi connectivity index (χ0n) is 11.3. The number of amides is 1. The molecule has 5 nitrogen and oxygen atoms in total. The summed E-state index contributed by atoms with van der Waals surface area (Å²) >= 11 is 0. The summed E-state index contributed by atoms with van der Waals surface area (Å²) in [5.41, 5.74) is 0. The minimum Gasteiger partial charge on any atom is -0.479 e. The Morgan fingerprint density at radius 2 is 1.74 bits per heavy atom. The second-order valence-corrected chi connectivity index (χ2v) is 5.60. The lowest BCUT2D eigenvalue weighted by Gasteiger charge is -2.17. The monoisotopic (exact) mass is 269 g/mol. The summed E-state index contributed by atoms with van der Waals surface area (Å²) in [5.74, 6) is -0.652. The number of rotatable bonds is 4. The SMILES string of the molecule is O=C(NCC1CCC(C(=O)O)O1)C1CCCCCC1. The summed E-state index contributed by atoms with van der Waals surface area (Å²) in [6.07, 6.45) is 7.12. The number of carbonyl (C=O) groups excluding carboxylic acids is 1. The number of ether oxygens (including phenoxy) is 1. The van der Waals surface area contributed by atoms with Gasteiger partial charge in [0, 0.05) is 12.5 Å². The van der Waals surface area contributed by atoms with Gasteiger partial charge in [-0.25, -0.2) is 4.79 Å². The van der Waals surface area contributed by atoms with Gasteiger partial charge in [0.15, 0.2) is 6.10 Å². The molecule has 2 fully saturated rings. The van der Waals surface area contributed by atoms with Crippen molar-refractivity contribution in [3.05, 3.63) is 0 Å². The lowest BCUT2D eigenvalue weighted by atomic mass is 9.99. The van der Waals surface area contributed by atoms with Crippen molar-refractivity contribution in [2.45, 2.75) is 63.6 Å². The van der Waals surface area contributed by atoms with Crippen LogP contribution >= 0.6 is 0 Å². The summed E-state index contributed by atoms with van der Waals surface area (Å²) in [6, 6.07) is 0.